The number of benzene rings is 1. The number of hydrogen-bond donors (Lipinski definition) is 1. The highest BCUT2D eigenvalue weighted by Gasteiger charge is 2.24. The van der Waals surface area contributed by atoms with Gasteiger partial charge >= 0.3 is 0 Å². The minimum atomic E-state index is -0.0144. The van der Waals surface area contributed by atoms with Crippen molar-refractivity contribution in [1.29, 1.82) is 0 Å². The average Bonchev–Trinajstić information content (AvgIpc) is 2.93. The van der Waals surface area contributed by atoms with Gasteiger partial charge in [0.25, 0.3) is 5.91 Å². The molecule has 14 heavy (non-hydrogen) atoms. The van der Waals surface area contributed by atoms with Crippen LogP contribution in [-0.2, 0) is 0 Å². The van der Waals surface area contributed by atoms with Crippen molar-refractivity contribution < 1.29 is 4.79 Å². The Morgan fingerprint density at radius 2 is 2.21 bits per heavy atom. The second-order valence-corrected chi connectivity index (χ2v) is 4.97. The van der Waals surface area contributed by atoms with E-state index < -0.39 is 0 Å². The van der Waals surface area contributed by atoms with Crippen LogP contribution in [0.1, 0.15) is 23.2 Å². The summed E-state index contributed by atoms with van der Waals surface area (Å²) in [6.45, 7) is 0. The fourth-order valence-corrected chi connectivity index (χ4v) is 1.91. The van der Waals surface area contributed by atoms with Crippen molar-refractivity contribution in [3.8, 4) is 0 Å². The number of halogens is 2. The molecule has 1 N–H and O–H groups in total. The molecule has 1 aliphatic carbocycles. The molecule has 0 unspecified atom stereocenters. The first-order valence-electron chi connectivity index (χ1n) is 4.43. The van der Waals surface area contributed by atoms with Gasteiger partial charge in [0.05, 0.1) is 5.56 Å². The molecule has 1 aromatic rings. The molecule has 2 rings (SSSR count). The molecule has 1 amide bonds. The highest BCUT2D eigenvalue weighted by Crippen LogP contribution is 2.22. The van der Waals surface area contributed by atoms with Crippen LogP contribution < -0.4 is 5.32 Å². The Morgan fingerprint density at radius 3 is 2.86 bits per heavy atom. The van der Waals surface area contributed by atoms with E-state index in [9.17, 15) is 4.79 Å². The van der Waals surface area contributed by atoms with Crippen LogP contribution in [0.4, 0.5) is 0 Å². The zero-order valence-electron chi connectivity index (χ0n) is 7.39. The molecule has 0 aliphatic heterocycles. The van der Waals surface area contributed by atoms with E-state index in [-0.39, 0.29) is 5.91 Å². The van der Waals surface area contributed by atoms with Gasteiger partial charge in [0, 0.05) is 14.6 Å². The maximum absolute atomic E-state index is 11.7. The molecule has 0 atom stereocenters. The van der Waals surface area contributed by atoms with Gasteiger partial charge in [-0.1, -0.05) is 11.6 Å². The summed E-state index contributed by atoms with van der Waals surface area (Å²) < 4.78 is 0.935. The van der Waals surface area contributed by atoms with E-state index in [1.165, 1.54) is 0 Å². The molecule has 0 aromatic heterocycles. The second kappa shape index (κ2) is 4.06. The molecule has 74 valence electrons. The third-order valence-corrected chi connectivity index (χ3v) is 3.26. The van der Waals surface area contributed by atoms with E-state index >= 15 is 0 Å². The number of carbonyl (C=O) groups is 1. The normalized spacial score (nSPS) is 15.3. The van der Waals surface area contributed by atoms with Crippen molar-refractivity contribution in [1.82, 2.24) is 5.32 Å². The highest BCUT2D eigenvalue weighted by molar-refractivity contribution is 14.1. The smallest absolute Gasteiger partial charge is 0.252 e. The lowest BCUT2D eigenvalue weighted by molar-refractivity contribution is 0.0950. The molecular formula is C10H9ClINO. The largest absolute Gasteiger partial charge is 0.349 e. The van der Waals surface area contributed by atoms with Crippen molar-refractivity contribution in [2.45, 2.75) is 18.9 Å². The summed E-state index contributed by atoms with van der Waals surface area (Å²) >= 11 is 7.97. The summed E-state index contributed by atoms with van der Waals surface area (Å²) in [6.07, 6.45) is 2.20. The van der Waals surface area contributed by atoms with Gasteiger partial charge in [0.15, 0.2) is 0 Å². The van der Waals surface area contributed by atoms with Crippen LogP contribution in [0.5, 0.6) is 0 Å². The van der Waals surface area contributed by atoms with Crippen molar-refractivity contribution in [2.75, 3.05) is 0 Å². The van der Waals surface area contributed by atoms with E-state index in [1.54, 1.807) is 12.1 Å². The van der Waals surface area contributed by atoms with E-state index in [1.807, 2.05) is 6.07 Å². The van der Waals surface area contributed by atoms with Crippen molar-refractivity contribution in [3.05, 3.63) is 32.4 Å². The van der Waals surface area contributed by atoms with E-state index in [2.05, 4.69) is 27.9 Å². The van der Waals surface area contributed by atoms with Gasteiger partial charge < -0.3 is 5.32 Å². The van der Waals surface area contributed by atoms with E-state index in [4.69, 9.17) is 11.6 Å². The fraction of sp³-hybridized carbons (Fsp3) is 0.300. The zero-order chi connectivity index (χ0) is 10.1. The molecule has 0 spiro atoms. The van der Waals surface area contributed by atoms with Gasteiger partial charge in [-0.3, -0.25) is 4.79 Å². The standard InChI is InChI=1S/C10H9ClINO/c11-6-1-4-9(12)8(5-6)10(14)13-7-2-3-7/h1,4-5,7H,2-3H2,(H,13,14). The monoisotopic (exact) mass is 321 g/mol. The van der Waals surface area contributed by atoms with Crippen LogP contribution in [-0.4, -0.2) is 11.9 Å². The molecule has 0 heterocycles. The third kappa shape index (κ3) is 2.39. The molecule has 4 heteroatoms. The predicted octanol–water partition coefficient (Wildman–Crippen LogP) is 2.84. The summed E-state index contributed by atoms with van der Waals surface area (Å²) in [5.41, 5.74) is 0.671. The van der Waals surface area contributed by atoms with Crippen molar-refractivity contribution in [3.63, 3.8) is 0 Å². The minimum Gasteiger partial charge on any atom is -0.349 e. The molecule has 1 aliphatic rings. The van der Waals surface area contributed by atoms with Gasteiger partial charge in [-0.25, -0.2) is 0 Å². The Balaban J connectivity index is 2.20. The van der Waals surface area contributed by atoms with Crippen molar-refractivity contribution in [2.24, 2.45) is 0 Å². The van der Waals surface area contributed by atoms with Gasteiger partial charge in [-0.2, -0.15) is 0 Å². The van der Waals surface area contributed by atoms with Gasteiger partial charge in [-0.05, 0) is 53.6 Å². The Labute approximate surface area is 101 Å². The van der Waals surface area contributed by atoms with E-state index in [0.29, 0.717) is 16.6 Å². The second-order valence-electron chi connectivity index (χ2n) is 3.37. The SMILES string of the molecule is O=C(NC1CC1)c1cc(Cl)ccc1I. The van der Waals surface area contributed by atoms with Crippen LogP contribution in [0.2, 0.25) is 5.02 Å². The van der Waals surface area contributed by atoms with Crippen LogP contribution in [0.3, 0.4) is 0 Å². The lowest BCUT2D eigenvalue weighted by atomic mass is 10.2. The maximum atomic E-state index is 11.7. The molecule has 1 aromatic carbocycles. The predicted molar refractivity (Wildman–Crippen MR) is 64.7 cm³/mol. The zero-order valence-corrected chi connectivity index (χ0v) is 10.3. The summed E-state index contributed by atoms with van der Waals surface area (Å²) in [5.74, 6) is -0.0144. The Bertz CT molecular complexity index is 376. The van der Waals surface area contributed by atoms with Gasteiger partial charge in [0.2, 0.25) is 0 Å². The Morgan fingerprint density at radius 1 is 1.50 bits per heavy atom. The van der Waals surface area contributed by atoms with Gasteiger partial charge in [0.1, 0.15) is 0 Å². The summed E-state index contributed by atoms with van der Waals surface area (Å²) in [5, 5.41) is 3.54. The van der Waals surface area contributed by atoms with Crippen LogP contribution in [0, 0.1) is 3.57 Å². The highest BCUT2D eigenvalue weighted by atomic mass is 127. The molecule has 1 saturated carbocycles. The number of rotatable bonds is 2. The molecular weight excluding hydrogens is 312 g/mol. The van der Waals surface area contributed by atoms with Crippen LogP contribution in [0.25, 0.3) is 0 Å². The quantitative estimate of drug-likeness (QED) is 0.834. The number of nitrogens with one attached hydrogen (secondary N) is 1. The van der Waals surface area contributed by atoms with E-state index in [0.717, 1.165) is 16.4 Å². The van der Waals surface area contributed by atoms with Gasteiger partial charge in [-0.15, -0.1) is 0 Å². The lowest BCUT2D eigenvalue weighted by Gasteiger charge is -2.05. The molecule has 0 bridgehead atoms. The molecule has 1 fully saturated rings. The van der Waals surface area contributed by atoms with Crippen LogP contribution >= 0.6 is 34.2 Å². The number of carbonyl (C=O) groups excluding carboxylic acids is 1. The Hall–Kier alpha value is -0.290. The number of hydrogen-bond acceptors (Lipinski definition) is 1. The summed E-state index contributed by atoms with van der Waals surface area (Å²) in [7, 11) is 0. The molecule has 2 nitrogen and oxygen atoms in total. The molecule has 0 radical (unpaired) electrons. The summed E-state index contributed by atoms with van der Waals surface area (Å²) in [6, 6.07) is 5.74. The minimum absolute atomic E-state index is 0.0144. The average molecular weight is 322 g/mol. The fourth-order valence-electron chi connectivity index (χ4n) is 1.16. The number of amides is 1. The Kier molecular flexibility index (Phi) is 2.97. The topological polar surface area (TPSA) is 29.1 Å². The molecule has 0 saturated heterocycles. The van der Waals surface area contributed by atoms with Crippen LogP contribution in [0.15, 0.2) is 18.2 Å². The third-order valence-electron chi connectivity index (χ3n) is 2.09. The lowest BCUT2D eigenvalue weighted by Crippen LogP contribution is -2.26. The van der Waals surface area contributed by atoms with Crippen molar-refractivity contribution >= 4 is 40.1 Å². The maximum Gasteiger partial charge on any atom is 0.252 e. The first kappa shape index (κ1) is 10.2. The first-order chi connectivity index (χ1) is 6.66. The summed E-state index contributed by atoms with van der Waals surface area (Å²) in [4.78, 5) is 11.7. The first-order valence-corrected chi connectivity index (χ1v) is 5.88.